The molecule has 3 aliphatic rings. The number of carbonyl (C=O) groups excluding carboxylic acids is 1. The lowest BCUT2D eigenvalue weighted by atomic mass is 9.77. The van der Waals surface area contributed by atoms with Crippen molar-refractivity contribution in [3.05, 3.63) is 51.3 Å². The second-order valence-corrected chi connectivity index (χ2v) is 8.13. The largest absolute Gasteiger partial charge is 0.384 e. The number of H-pyrrole nitrogens is 1. The predicted molar refractivity (Wildman–Crippen MR) is 101 cm³/mol. The number of nitrogens with two attached hydrogens (primary N) is 1. The van der Waals surface area contributed by atoms with Gasteiger partial charge in [0, 0.05) is 36.2 Å². The molecule has 2 aromatic heterocycles. The highest BCUT2D eigenvalue weighted by Crippen LogP contribution is 2.45. The van der Waals surface area contributed by atoms with Crippen LogP contribution in [-0.2, 0) is 11.8 Å². The molecule has 1 amide bonds. The van der Waals surface area contributed by atoms with E-state index in [1.807, 2.05) is 4.90 Å². The van der Waals surface area contributed by atoms with Crippen molar-refractivity contribution in [2.24, 2.45) is 0 Å². The standard InChI is InChI=1S/C20H23N5O2/c21-15-5-4-13(10-22-15)19(27)25-9-1-7-20(11-25)8-6-14-16(20)23-17(12-2-3-12)24-18(14)26/h4-5,10,12H,1-3,6-9,11H2,(H2,21,22)(H,23,24,26). The normalized spacial score (nSPS) is 24.2. The van der Waals surface area contributed by atoms with Gasteiger partial charge in [0.25, 0.3) is 11.5 Å². The van der Waals surface area contributed by atoms with E-state index in [4.69, 9.17) is 10.7 Å². The van der Waals surface area contributed by atoms with E-state index in [-0.39, 0.29) is 16.9 Å². The van der Waals surface area contributed by atoms with Gasteiger partial charge in [0.2, 0.25) is 0 Å². The number of rotatable bonds is 2. The average molecular weight is 365 g/mol. The molecule has 1 spiro atoms. The number of hydrogen-bond donors (Lipinski definition) is 2. The number of amides is 1. The zero-order valence-corrected chi connectivity index (χ0v) is 15.2. The maximum Gasteiger partial charge on any atom is 0.255 e. The third kappa shape index (κ3) is 2.72. The molecule has 1 aliphatic heterocycles. The van der Waals surface area contributed by atoms with Crippen molar-refractivity contribution in [1.29, 1.82) is 0 Å². The first-order valence-electron chi connectivity index (χ1n) is 9.70. The number of anilines is 1. The Morgan fingerprint density at radius 3 is 2.89 bits per heavy atom. The Kier molecular flexibility index (Phi) is 3.60. The van der Waals surface area contributed by atoms with E-state index >= 15 is 0 Å². The second-order valence-electron chi connectivity index (χ2n) is 8.13. The first kappa shape index (κ1) is 16.5. The number of hydrogen-bond acceptors (Lipinski definition) is 5. The molecule has 5 rings (SSSR count). The molecule has 2 aromatic rings. The minimum absolute atomic E-state index is 0.0185. The Hall–Kier alpha value is -2.70. The van der Waals surface area contributed by atoms with Crippen LogP contribution in [0.2, 0.25) is 0 Å². The summed E-state index contributed by atoms with van der Waals surface area (Å²) in [7, 11) is 0. The van der Waals surface area contributed by atoms with Crippen LogP contribution in [0.5, 0.6) is 0 Å². The van der Waals surface area contributed by atoms with Gasteiger partial charge in [-0.15, -0.1) is 0 Å². The fourth-order valence-corrected chi connectivity index (χ4v) is 4.64. The summed E-state index contributed by atoms with van der Waals surface area (Å²) >= 11 is 0. The number of nitrogens with one attached hydrogen (secondary N) is 1. The lowest BCUT2D eigenvalue weighted by Gasteiger charge is -2.40. The van der Waals surface area contributed by atoms with Crippen LogP contribution in [0.25, 0.3) is 0 Å². The summed E-state index contributed by atoms with van der Waals surface area (Å²) < 4.78 is 0. The molecule has 3 heterocycles. The second kappa shape index (κ2) is 5.90. The van der Waals surface area contributed by atoms with Crippen molar-refractivity contribution in [2.75, 3.05) is 18.8 Å². The maximum absolute atomic E-state index is 13.0. The number of fused-ring (bicyclic) bond motifs is 2. The number of carbonyl (C=O) groups is 1. The molecule has 7 heteroatoms. The molecule has 0 bridgehead atoms. The quantitative estimate of drug-likeness (QED) is 0.843. The Labute approximate surface area is 157 Å². The topological polar surface area (TPSA) is 105 Å². The lowest BCUT2D eigenvalue weighted by molar-refractivity contribution is 0.0633. The molecule has 140 valence electrons. The monoisotopic (exact) mass is 365 g/mol. The summed E-state index contributed by atoms with van der Waals surface area (Å²) in [5, 5.41) is 0. The molecule has 1 saturated heterocycles. The minimum Gasteiger partial charge on any atom is -0.384 e. The fraction of sp³-hybridized carbons (Fsp3) is 0.500. The van der Waals surface area contributed by atoms with Crippen LogP contribution in [0.15, 0.2) is 23.1 Å². The maximum atomic E-state index is 13.0. The van der Waals surface area contributed by atoms with Gasteiger partial charge in [-0.3, -0.25) is 9.59 Å². The van der Waals surface area contributed by atoms with Crippen LogP contribution in [0.3, 0.4) is 0 Å². The van der Waals surface area contributed by atoms with E-state index in [1.165, 1.54) is 6.20 Å². The number of nitrogens with zero attached hydrogens (tertiary/aromatic N) is 3. The molecular weight excluding hydrogens is 342 g/mol. The van der Waals surface area contributed by atoms with Gasteiger partial charge < -0.3 is 15.6 Å². The summed E-state index contributed by atoms with van der Waals surface area (Å²) in [6, 6.07) is 3.38. The van der Waals surface area contributed by atoms with Gasteiger partial charge in [0.05, 0.1) is 11.3 Å². The van der Waals surface area contributed by atoms with Gasteiger partial charge in [0.15, 0.2) is 0 Å². The van der Waals surface area contributed by atoms with Crippen LogP contribution in [0.1, 0.15) is 65.5 Å². The van der Waals surface area contributed by atoms with Crippen molar-refractivity contribution in [1.82, 2.24) is 19.9 Å². The Bertz CT molecular complexity index is 963. The molecule has 7 nitrogen and oxygen atoms in total. The molecule has 1 saturated carbocycles. The van der Waals surface area contributed by atoms with E-state index in [0.29, 0.717) is 23.8 Å². The van der Waals surface area contributed by atoms with Gasteiger partial charge in [-0.1, -0.05) is 0 Å². The van der Waals surface area contributed by atoms with Crippen LogP contribution >= 0.6 is 0 Å². The first-order chi connectivity index (χ1) is 13.1. The van der Waals surface area contributed by atoms with E-state index in [1.54, 1.807) is 12.1 Å². The highest BCUT2D eigenvalue weighted by Gasteiger charge is 2.46. The van der Waals surface area contributed by atoms with Gasteiger partial charge in [-0.2, -0.15) is 0 Å². The third-order valence-electron chi connectivity index (χ3n) is 6.25. The van der Waals surface area contributed by atoms with Gasteiger partial charge >= 0.3 is 0 Å². The summed E-state index contributed by atoms with van der Waals surface area (Å²) in [6.07, 6.45) is 7.26. The molecule has 0 aromatic carbocycles. The summed E-state index contributed by atoms with van der Waals surface area (Å²) in [4.78, 5) is 39.4. The summed E-state index contributed by atoms with van der Waals surface area (Å²) in [5.74, 6) is 1.62. The predicted octanol–water partition coefficient (Wildman–Crippen LogP) is 1.74. The van der Waals surface area contributed by atoms with Gasteiger partial charge in [-0.05, 0) is 50.7 Å². The van der Waals surface area contributed by atoms with E-state index in [9.17, 15) is 9.59 Å². The van der Waals surface area contributed by atoms with Gasteiger partial charge in [0.1, 0.15) is 11.6 Å². The van der Waals surface area contributed by atoms with Crippen LogP contribution in [-0.4, -0.2) is 38.8 Å². The highest BCUT2D eigenvalue weighted by molar-refractivity contribution is 5.94. The minimum atomic E-state index is -0.192. The number of aromatic amines is 1. The fourth-order valence-electron chi connectivity index (χ4n) is 4.64. The number of aromatic nitrogens is 3. The zero-order valence-electron chi connectivity index (χ0n) is 15.2. The molecule has 0 radical (unpaired) electrons. The Morgan fingerprint density at radius 2 is 2.15 bits per heavy atom. The van der Waals surface area contributed by atoms with E-state index in [0.717, 1.165) is 62.2 Å². The smallest absolute Gasteiger partial charge is 0.255 e. The molecule has 2 fully saturated rings. The number of pyridine rings is 1. The van der Waals surface area contributed by atoms with Gasteiger partial charge in [-0.25, -0.2) is 9.97 Å². The van der Waals surface area contributed by atoms with E-state index < -0.39 is 0 Å². The SMILES string of the molecule is Nc1ccc(C(=O)N2CCCC3(CCc4c3nc(C3CC3)[nH]c4=O)C2)cn1. The molecule has 3 N–H and O–H groups in total. The zero-order chi connectivity index (χ0) is 18.6. The van der Waals surface area contributed by atoms with E-state index in [2.05, 4.69) is 9.97 Å². The summed E-state index contributed by atoms with van der Waals surface area (Å²) in [6.45, 7) is 1.34. The van der Waals surface area contributed by atoms with Crippen molar-refractivity contribution >= 4 is 11.7 Å². The Morgan fingerprint density at radius 1 is 1.30 bits per heavy atom. The Balaban J connectivity index is 1.47. The molecule has 27 heavy (non-hydrogen) atoms. The highest BCUT2D eigenvalue weighted by atomic mass is 16.2. The first-order valence-corrected chi connectivity index (χ1v) is 9.70. The number of piperidine rings is 1. The van der Waals surface area contributed by atoms with Crippen molar-refractivity contribution < 1.29 is 4.79 Å². The van der Waals surface area contributed by atoms with Crippen molar-refractivity contribution in [3.8, 4) is 0 Å². The number of nitrogen functional groups attached to an aromatic ring is 1. The van der Waals surface area contributed by atoms with Crippen molar-refractivity contribution in [3.63, 3.8) is 0 Å². The molecule has 1 atom stereocenters. The van der Waals surface area contributed by atoms with Crippen LogP contribution in [0, 0.1) is 0 Å². The summed E-state index contributed by atoms with van der Waals surface area (Å²) in [5.41, 5.74) is 7.78. The van der Waals surface area contributed by atoms with Crippen molar-refractivity contribution in [2.45, 2.75) is 49.9 Å². The average Bonchev–Trinajstić information content (AvgIpc) is 3.47. The number of likely N-dealkylation sites (tertiary alicyclic amines) is 1. The molecule has 1 unspecified atom stereocenters. The third-order valence-corrected chi connectivity index (χ3v) is 6.25. The molecular formula is C20H23N5O2. The van der Waals surface area contributed by atoms with Crippen LogP contribution < -0.4 is 11.3 Å². The molecule has 2 aliphatic carbocycles. The lowest BCUT2D eigenvalue weighted by Crippen LogP contribution is -2.48. The van der Waals surface area contributed by atoms with Crippen LogP contribution in [0.4, 0.5) is 5.82 Å².